The predicted octanol–water partition coefficient (Wildman–Crippen LogP) is 4.53. The maximum atomic E-state index is 13.8. The van der Waals surface area contributed by atoms with Gasteiger partial charge >= 0.3 is 0 Å². The maximum absolute atomic E-state index is 13.8. The van der Waals surface area contributed by atoms with Gasteiger partial charge in [-0.15, -0.1) is 0 Å². The van der Waals surface area contributed by atoms with Crippen LogP contribution in [0.5, 0.6) is 0 Å². The first-order valence-electron chi connectivity index (χ1n) is 9.77. The van der Waals surface area contributed by atoms with E-state index in [-0.39, 0.29) is 23.7 Å². The van der Waals surface area contributed by atoms with Crippen molar-refractivity contribution < 1.29 is 9.18 Å². The van der Waals surface area contributed by atoms with E-state index >= 15 is 0 Å². The van der Waals surface area contributed by atoms with Crippen LogP contribution >= 0.6 is 0 Å². The van der Waals surface area contributed by atoms with Crippen LogP contribution in [0.25, 0.3) is 0 Å². The van der Waals surface area contributed by atoms with Gasteiger partial charge < -0.3 is 5.32 Å². The lowest BCUT2D eigenvalue weighted by atomic mass is 9.94. The first-order chi connectivity index (χ1) is 12.9. The van der Waals surface area contributed by atoms with E-state index in [0.29, 0.717) is 6.54 Å². The summed E-state index contributed by atoms with van der Waals surface area (Å²) in [6, 6.07) is 13.3. The number of aryl methyl sites for hydroxylation is 2. The largest absolute Gasteiger partial charge is 0.349 e. The molecule has 1 fully saturated rings. The van der Waals surface area contributed by atoms with Crippen LogP contribution in [0, 0.1) is 25.6 Å². The highest BCUT2D eigenvalue weighted by atomic mass is 19.1. The molecule has 1 aliphatic heterocycles. The van der Waals surface area contributed by atoms with Crippen molar-refractivity contribution in [1.82, 2.24) is 10.2 Å². The van der Waals surface area contributed by atoms with Gasteiger partial charge in [0.15, 0.2) is 0 Å². The van der Waals surface area contributed by atoms with Crippen molar-refractivity contribution in [3.8, 4) is 0 Å². The van der Waals surface area contributed by atoms with E-state index in [2.05, 4.69) is 42.3 Å². The molecule has 0 aliphatic carbocycles. The Labute approximate surface area is 161 Å². The van der Waals surface area contributed by atoms with Crippen LogP contribution in [0.4, 0.5) is 4.39 Å². The Morgan fingerprint density at radius 3 is 2.56 bits per heavy atom. The number of nitrogens with zero attached hydrogens (tertiary/aromatic N) is 1. The topological polar surface area (TPSA) is 32.3 Å². The van der Waals surface area contributed by atoms with Gasteiger partial charge in [0.05, 0.1) is 6.04 Å². The van der Waals surface area contributed by atoms with E-state index in [1.165, 1.54) is 22.8 Å². The summed E-state index contributed by atoms with van der Waals surface area (Å²) in [7, 11) is 0. The smallest absolute Gasteiger partial charge is 0.223 e. The van der Waals surface area contributed by atoms with Gasteiger partial charge in [-0.1, -0.05) is 42.0 Å². The summed E-state index contributed by atoms with van der Waals surface area (Å²) in [6.07, 6.45) is 1.64. The predicted molar refractivity (Wildman–Crippen MR) is 107 cm³/mol. The van der Waals surface area contributed by atoms with Gasteiger partial charge in [-0.05, 0) is 63.9 Å². The molecule has 3 rings (SSSR count). The highest BCUT2D eigenvalue weighted by Gasteiger charge is 2.26. The average molecular weight is 368 g/mol. The number of carbonyl (C=O) groups excluding carboxylic acids is 1. The molecule has 0 spiro atoms. The van der Waals surface area contributed by atoms with Crippen LogP contribution in [-0.4, -0.2) is 23.9 Å². The second-order valence-corrected chi connectivity index (χ2v) is 7.73. The van der Waals surface area contributed by atoms with Gasteiger partial charge in [0.25, 0.3) is 0 Å². The van der Waals surface area contributed by atoms with Crippen LogP contribution in [-0.2, 0) is 11.3 Å². The molecule has 27 heavy (non-hydrogen) atoms. The van der Waals surface area contributed by atoms with Crippen molar-refractivity contribution in [2.75, 3.05) is 13.1 Å². The lowest BCUT2D eigenvalue weighted by molar-refractivity contribution is -0.127. The zero-order valence-corrected chi connectivity index (χ0v) is 16.5. The molecule has 4 heteroatoms. The molecular formula is C23H29FN2O. The lowest BCUT2D eigenvalue weighted by Gasteiger charge is -2.32. The van der Waals surface area contributed by atoms with Gasteiger partial charge in [-0.2, -0.15) is 0 Å². The molecule has 1 saturated heterocycles. The molecule has 0 bridgehead atoms. The fourth-order valence-electron chi connectivity index (χ4n) is 3.94. The molecule has 1 atom stereocenters. The Morgan fingerprint density at radius 1 is 1.19 bits per heavy atom. The third-order valence-electron chi connectivity index (χ3n) is 5.56. The normalized spacial score (nSPS) is 16.9. The molecule has 1 aliphatic rings. The Morgan fingerprint density at radius 2 is 1.89 bits per heavy atom. The van der Waals surface area contributed by atoms with Crippen molar-refractivity contribution in [2.45, 2.75) is 46.2 Å². The minimum atomic E-state index is -0.153. The second kappa shape index (κ2) is 8.66. The molecule has 2 aromatic rings. The standard InChI is InChI=1S/C23H29FN2O/c1-16-8-9-21(17(2)14-16)18(3)25-23(27)19-10-12-26(13-11-19)15-20-6-4-5-7-22(20)24/h4-9,14,18-19H,10-13,15H2,1-3H3,(H,25,27)/t18-/m1/s1. The minimum absolute atomic E-state index is 0.00884. The molecule has 3 nitrogen and oxygen atoms in total. The third-order valence-corrected chi connectivity index (χ3v) is 5.56. The summed E-state index contributed by atoms with van der Waals surface area (Å²) in [4.78, 5) is 14.9. The number of halogens is 1. The molecule has 144 valence electrons. The zero-order valence-electron chi connectivity index (χ0n) is 16.5. The van der Waals surface area contributed by atoms with E-state index in [9.17, 15) is 9.18 Å². The quantitative estimate of drug-likeness (QED) is 0.841. The van der Waals surface area contributed by atoms with E-state index in [4.69, 9.17) is 0 Å². The number of rotatable bonds is 5. The molecular weight excluding hydrogens is 339 g/mol. The molecule has 1 heterocycles. The molecule has 1 amide bonds. The number of piperidine rings is 1. The SMILES string of the molecule is Cc1ccc([C@@H](C)NC(=O)C2CCN(Cc3ccccc3F)CC2)c(C)c1. The second-order valence-electron chi connectivity index (χ2n) is 7.73. The zero-order chi connectivity index (χ0) is 19.4. The highest BCUT2D eigenvalue weighted by Crippen LogP contribution is 2.23. The van der Waals surface area contributed by atoms with Gasteiger partial charge in [0.1, 0.15) is 5.82 Å². The monoisotopic (exact) mass is 368 g/mol. The van der Waals surface area contributed by atoms with E-state index in [1.54, 1.807) is 6.07 Å². The van der Waals surface area contributed by atoms with E-state index in [1.807, 2.05) is 19.1 Å². The lowest BCUT2D eigenvalue weighted by Crippen LogP contribution is -2.41. The first-order valence-corrected chi connectivity index (χ1v) is 9.77. The van der Waals surface area contributed by atoms with Crippen LogP contribution in [0.15, 0.2) is 42.5 Å². The average Bonchev–Trinajstić information content (AvgIpc) is 2.64. The fraction of sp³-hybridized carbons (Fsp3) is 0.435. The van der Waals surface area contributed by atoms with Crippen LogP contribution in [0.2, 0.25) is 0 Å². The summed E-state index contributed by atoms with van der Waals surface area (Å²) in [6.45, 7) is 8.47. The van der Waals surface area contributed by atoms with Gasteiger partial charge in [0.2, 0.25) is 5.91 Å². The Hall–Kier alpha value is -2.20. The summed E-state index contributed by atoms with van der Waals surface area (Å²) in [5.74, 6) is 0.0164. The number of amides is 1. The summed E-state index contributed by atoms with van der Waals surface area (Å²) >= 11 is 0. The van der Waals surface area contributed by atoms with E-state index in [0.717, 1.165) is 31.5 Å². The molecule has 0 unspecified atom stereocenters. The van der Waals surface area contributed by atoms with Crippen molar-refractivity contribution in [2.24, 2.45) is 5.92 Å². The highest BCUT2D eigenvalue weighted by molar-refractivity contribution is 5.79. The molecule has 2 aromatic carbocycles. The van der Waals surface area contributed by atoms with Crippen molar-refractivity contribution in [3.05, 3.63) is 70.5 Å². The number of hydrogen-bond acceptors (Lipinski definition) is 2. The molecule has 1 N–H and O–H groups in total. The summed E-state index contributed by atoms with van der Waals surface area (Å²) in [5, 5.41) is 3.18. The minimum Gasteiger partial charge on any atom is -0.349 e. The maximum Gasteiger partial charge on any atom is 0.223 e. The fourth-order valence-corrected chi connectivity index (χ4v) is 3.94. The Balaban J connectivity index is 1.51. The molecule has 0 radical (unpaired) electrons. The number of nitrogens with one attached hydrogen (secondary N) is 1. The Bertz CT molecular complexity index is 797. The number of hydrogen-bond donors (Lipinski definition) is 1. The van der Waals surface area contributed by atoms with Crippen LogP contribution < -0.4 is 5.32 Å². The van der Waals surface area contributed by atoms with Gasteiger partial charge in [-0.25, -0.2) is 4.39 Å². The molecule has 0 saturated carbocycles. The van der Waals surface area contributed by atoms with Crippen molar-refractivity contribution >= 4 is 5.91 Å². The van der Waals surface area contributed by atoms with Gasteiger partial charge in [-0.3, -0.25) is 9.69 Å². The van der Waals surface area contributed by atoms with Crippen LogP contribution in [0.1, 0.15) is 48.1 Å². The number of carbonyl (C=O) groups is 1. The summed E-state index contributed by atoms with van der Waals surface area (Å²) < 4.78 is 13.8. The van der Waals surface area contributed by atoms with Crippen molar-refractivity contribution in [3.63, 3.8) is 0 Å². The third kappa shape index (κ3) is 4.95. The van der Waals surface area contributed by atoms with Gasteiger partial charge in [0, 0.05) is 18.0 Å². The molecule has 0 aromatic heterocycles. The van der Waals surface area contributed by atoms with Crippen LogP contribution in [0.3, 0.4) is 0 Å². The number of benzene rings is 2. The Kier molecular flexibility index (Phi) is 6.27. The van der Waals surface area contributed by atoms with Crippen molar-refractivity contribution in [1.29, 1.82) is 0 Å². The number of likely N-dealkylation sites (tertiary alicyclic amines) is 1. The first kappa shape index (κ1) is 19.6. The summed E-state index contributed by atoms with van der Waals surface area (Å²) in [5.41, 5.74) is 4.34. The van der Waals surface area contributed by atoms with E-state index < -0.39 is 0 Å².